The molecule has 0 unspecified atom stereocenters. The number of anilines is 2. The van der Waals surface area contributed by atoms with Crippen LogP contribution in [0.3, 0.4) is 0 Å². The van der Waals surface area contributed by atoms with E-state index in [1.165, 1.54) is 12.1 Å². The molecule has 0 spiro atoms. The van der Waals surface area contributed by atoms with Gasteiger partial charge < -0.3 is 10.1 Å². The molecule has 3 amide bonds. The highest BCUT2D eigenvalue weighted by molar-refractivity contribution is 9.10. The summed E-state index contributed by atoms with van der Waals surface area (Å²) in [5.74, 6) is -1.89. The second-order valence-corrected chi connectivity index (χ2v) is 8.59. The molecule has 0 bridgehead atoms. The highest BCUT2D eigenvalue weighted by atomic mass is 79.9. The summed E-state index contributed by atoms with van der Waals surface area (Å²) >= 11 is 3.24. The standard InChI is InChI=1S/C25H19BrN4O6/c1-15-7-5-6-10-20(15)27-22(31)14-36-23-19(26)12-16(13-21(23)30(34)35)11-18-24(32)28-29(25(18)33)17-8-3-2-4-9-17/h2-13H,14H2,1H3,(H,27,31)(H,28,32)/b18-11-. The largest absolute Gasteiger partial charge is 0.476 e. The average Bonchev–Trinajstić information content (AvgIpc) is 3.13. The fourth-order valence-electron chi connectivity index (χ4n) is 3.48. The first-order chi connectivity index (χ1) is 17.2. The number of aryl methyl sites for hydroxylation is 1. The smallest absolute Gasteiger partial charge is 0.312 e. The lowest BCUT2D eigenvalue weighted by Gasteiger charge is -2.13. The Morgan fingerprint density at radius 2 is 1.83 bits per heavy atom. The van der Waals surface area contributed by atoms with E-state index in [-0.39, 0.29) is 21.4 Å². The van der Waals surface area contributed by atoms with Gasteiger partial charge in [0.25, 0.3) is 17.7 Å². The highest BCUT2D eigenvalue weighted by Crippen LogP contribution is 2.37. The number of benzene rings is 3. The normalized spacial score (nSPS) is 14.1. The maximum Gasteiger partial charge on any atom is 0.312 e. The number of rotatable bonds is 7. The molecule has 1 heterocycles. The van der Waals surface area contributed by atoms with E-state index in [2.05, 4.69) is 26.7 Å². The summed E-state index contributed by atoms with van der Waals surface area (Å²) in [7, 11) is 0. The third-order valence-electron chi connectivity index (χ3n) is 5.23. The lowest BCUT2D eigenvalue weighted by molar-refractivity contribution is -0.385. The molecule has 3 aromatic rings. The quantitative estimate of drug-likeness (QED) is 0.196. The van der Waals surface area contributed by atoms with Gasteiger partial charge in [-0.2, -0.15) is 0 Å². The molecule has 1 aliphatic rings. The Hall–Kier alpha value is -4.51. The van der Waals surface area contributed by atoms with Crippen molar-refractivity contribution in [1.29, 1.82) is 0 Å². The summed E-state index contributed by atoms with van der Waals surface area (Å²) < 4.78 is 5.65. The van der Waals surface area contributed by atoms with Gasteiger partial charge >= 0.3 is 5.69 Å². The van der Waals surface area contributed by atoms with Gasteiger partial charge in [-0.15, -0.1) is 0 Å². The molecule has 1 aliphatic heterocycles. The molecule has 36 heavy (non-hydrogen) atoms. The van der Waals surface area contributed by atoms with Crippen molar-refractivity contribution < 1.29 is 24.0 Å². The molecule has 2 N–H and O–H groups in total. The first-order valence-electron chi connectivity index (χ1n) is 10.6. The number of nitro benzene ring substituents is 1. The van der Waals surface area contributed by atoms with Crippen LogP contribution in [0.5, 0.6) is 5.75 Å². The topological polar surface area (TPSA) is 131 Å². The maximum atomic E-state index is 12.8. The number of carbonyl (C=O) groups excluding carboxylic acids is 3. The molecule has 11 heteroatoms. The van der Waals surface area contributed by atoms with Gasteiger partial charge in [0.05, 0.1) is 15.1 Å². The molecule has 182 valence electrons. The monoisotopic (exact) mass is 550 g/mol. The molecule has 10 nitrogen and oxygen atoms in total. The summed E-state index contributed by atoms with van der Waals surface area (Å²) in [6.45, 7) is 1.36. The number of carbonyl (C=O) groups is 3. The molecule has 1 saturated heterocycles. The Bertz CT molecular complexity index is 1410. The summed E-state index contributed by atoms with van der Waals surface area (Å²) in [4.78, 5) is 48.6. The van der Waals surface area contributed by atoms with Crippen molar-refractivity contribution in [2.75, 3.05) is 16.9 Å². The van der Waals surface area contributed by atoms with Crippen LogP contribution in [0.25, 0.3) is 6.08 Å². The van der Waals surface area contributed by atoms with Crippen molar-refractivity contribution in [3.8, 4) is 5.75 Å². The van der Waals surface area contributed by atoms with E-state index in [9.17, 15) is 24.5 Å². The minimum absolute atomic E-state index is 0.157. The van der Waals surface area contributed by atoms with Crippen LogP contribution < -0.4 is 20.5 Å². The van der Waals surface area contributed by atoms with E-state index < -0.39 is 34.9 Å². The second kappa shape index (κ2) is 10.4. The van der Waals surface area contributed by atoms with Crippen LogP contribution in [0, 0.1) is 17.0 Å². The van der Waals surface area contributed by atoms with E-state index in [4.69, 9.17) is 4.74 Å². The Balaban J connectivity index is 1.55. The van der Waals surface area contributed by atoms with Gasteiger partial charge in [0.2, 0.25) is 5.75 Å². The molecule has 0 saturated carbocycles. The second-order valence-electron chi connectivity index (χ2n) is 7.73. The lowest BCUT2D eigenvalue weighted by Crippen LogP contribution is -2.35. The van der Waals surface area contributed by atoms with Crippen molar-refractivity contribution in [1.82, 2.24) is 5.43 Å². The molecule has 1 fully saturated rings. The van der Waals surface area contributed by atoms with E-state index in [0.717, 1.165) is 16.6 Å². The van der Waals surface area contributed by atoms with E-state index in [1.807, 2.05) is 19.1 Å². The highest BCUT2D eigenvalue weighted by Gasteiger charge is 2.34. The van der Waals surface area contributed by atoms with Gasteiger partial charge in [-0.3, -0.25) is 29.9 Å². The zero-order chi connectivity index (χ0) is 25.8. The van der Waals surface area contributed by atoms with Crippen LogP contribution in [0.1, 0.15) is 11.1 Å². The first-order valence-corrected chi connectivity index (χ1v) is 11.4. The molecule has 4 rings (SSSR count). The van der Waals surface area contributed by atoms with E-state index >= 15 is 0 Å². The van der Waals surface area contributed by atoms with Crippen molar-refractivity contribution in [2.24, 2.45) is 0 Å². The van der Waals surface area contributed by atoms with E-state index in [0.29, 0.717) is 11.4 Å². The minimum Gasteiger partial charge on any atom is -0.476 e. The van der Waals surface area contributed by atoms with Crippen LogP contribution in [0.15, 0.2) is 76.8 Å². The number of nitrogens with zero attached hydrogens (tertiary/aromatic N) is 2. The molecule has 0 aromatic heterocycles. The molecule has 0 atom stereocenters. The number of hydrogen-bond donors (Lipinski definition) is 2. The van der Waals surface area contributed by atoms with Gasteiger partial charge in [0.15, 0.2) is 6.61 Å². The number of nitro groups is 1. The number of hydrogen-bond acceptors (Lipinski definition) is 6. The Morgan fingerprint density at radius 1 is 1.14 bits per heavy atom. The van der Waals surface area contributed by atoms with Crippen molar-refractivity contribution in [2.45, 2.75) is 6.92 Å². The lowest BCUT2D eigenvalue weighted by atomic mass is 10.1. The summed E-state index contributed by atoms with van der Waals surface area (Å²) in [5, 5.41) is 15.5. The number of halogens is 1. The number of hydrazine groups is 1. The predicted molar refractivity (Wildman–Crippen MR) is 136 cm³/mol. The van der Waals surface area contributed by atoms with Crippen molar-refractivity contribution in [3.05, 3.63) is 98.0 Å². The summed E-state index contributed by atoms with van der Waals surface area (Å²) in [6.07, 6.45) is 1.26. The first kappa shape index (κ1) is 24.6. The fraction of sp³-hybridized carbons (Fsp3) is 0.0800. The van der Waals surface area contributed by atoms with Crippen LogP contribution in [0.4, 0.5) is 17.1 Å². The van der Waals surface area contributed by atoms with Crippen molar-refractivity contribution >= 4 is 56.8 Å². The average molecular weight is 551 g/mol. The zero-order valence-corrected chi connectivity index (χ0v) is 20.4. The van der Waals surface area contributed by atoms with Gasteiger partial charge in [-0.25, -0.2) is 5.01 Å². The maximum absolute atomic E-state index is 12.8. The molecule has 3 aromatic carbocycles. The van der Waals surface area contributed by atoms with Crippen molar-refractivity contribution in [3.63, 3.8) is 0 Å². The van der Waals surface area contributed by atoms with Gasteiger partial charge in [-0.1, -0.05) is 36.4 Å². The van der Waals surface area contributed by atoms with Gasteiger partial charge in [0, 0.05) is 11.8 Å². The molecular formula is C25H19BrN4O6. The minimum atomic E-state index is -0.672. The van der Waals surface area contributed by atoms with E-state index in [1.54, 1.807) is 42.5 Å². The summed E-state index contributed by atoms with van der Waals surface area (Å²) in [6, 6.07) is 18.3. The third-order valence-corrected chi connectivity index (χ3v) is 5.82. The third kappa shape index (κ3) is 5.26. The summed E-state index contributed by atoms with van der Waals surface area (Å²) in [5.41, 5.74) is 3.99. The number of para-hydroxylation sites is 2. The van der Waals surface area contributed by atoms with Crippen LogP contribution in [-0.2, 0) is 14.4 Å². The zero-order valence-electron chi connectivity index (χ0n) is 18.9. The predicted octanol–water partition coefficient (Wildman–Crippen LogP) is 4.14. The van der Waals surface area contributed by atoms with Gasteiger partial charge in [-0.05, 0) is 64.3 Å². The SMILES string of the molecule is Cc1ccccc1NC(=O)COc1c(Br)cc(/C=C2/C(=O)NN(c3ccccc3)C2=O)cc1[N+](=O)[O-]. The number of ether oxygens (including phenoxy) is 1. The van der Waals surface area contributed by atoms with Crippen LogP contribution in [0.2, 0.25) is 0 Å². The molecule has 0 aliphatic carbocycles. The Labute approximate surface area is 213 Å². The molecular weight excluding hydrogens is 532 g/mol. The molecule has 0 radical (unpaired) electrons. The Kier molecular flexibility index (Phi) is 7.11. The fourth-order valence-corrected chi connectivity index (χ4v) is 4.06. The van der Waals surface area contributed by atoms with Crippen LogP contribution >= 0.6 is 15.9 Å². The van der Waals surface area contributed by atoms with Gasteiger partial charge in [0.1, 0.15) is 5.57 Å². The number of amides is 3. The van der Waals surface area contributed by atoms with Crippen LogP contribution in [-0.4, -0.2) is 29.3 Å². The number of nitrogens with one attached hydrogen (secondary N) is 2. The Morgan fingerprint density at radius 3 is 2.53 bits per heavy atom.